The van der Waals surface area contributed by atoms with Crippen molar-refractivity contribution >= 4 is 6.09 Å². The molecule has 0 radical (unpaired) electrons. The van der Waals surface area contributed by atoms with Crippen LogP contribution >= 0.6 is 0 Å². The van der Waals surface area contributed by atoms with Crippen LogP contribution in [0.5, 0.6) is 0 Å². The van der Waals surface area contributed by atoms with Gasteiger partial charge in [-0.25, -0.2) is 4.79 Å². The molecule has 1 fully saturated rings. The smallest absolute Gasteiger partial charge is 0.410 e. The van der Waals surface area contributed by atoms with E-state index in [0.717, 1.165) is 38.2 Å². The molecule has 0 bridgehead atoms. The van der Waals surface area contributed by atoms with Gasteiger partial charge < -0.3 is 15.0 Å². The molecule has 124 valence electrons. The van der Waals surface area contributed by atoms with Crippen molar-refractivity contribution < 1.29 is 9.53 Å². The van der Waals surface area contributed by atoms with Crippen LogP contribution in [0.3, 0.4) is 0 Å². The first-order valence-electron chi connectivity index (χ1n) is 8.05. The number of hydrogen-bond donors (Lipinski definition) is 1. The van der Waals surface area contributed by atoms with Crippen molar-refractivity contribution in [2.24, 2.45) is 5.92 Å². The zero-order valence-corrected chi connectivity index (χ0v) is 14.1. The Bertz CT molecular complexity index is 587. The van der Waals surface area contributed by atoms with E-state index >= 15 is 0 Å². The lowest BCUT2D eigenvalue weighted by Gasteiger charge is -2.24. The predicted octanol–water partition coefficient (Wildman–Crippen LogP) is 2.90. The second-order valence-corrected chi connectivity index (χ2v) is 7.02. The van der Waals surface area contributed by atoms with Crippen molar-refractivity contribution in [3.8, 4) is 6.07 Å². The third-order valence-electron chi connectivity index (χ3n) is 3.76. The Labute approximate surface area is 138 Å². The Hall–Kier alpha value is -2.06. The summed E-state index contributed by atoms with van der Waals surface area (Å²) in [6, 6.07) is 9.76. The third kappa shape index (κ3) is 5.57. The van der Waals surface area contributed by atoms with Gasteiger partial charge in [-0.1, -0.05) is 12.1 Å². The molecule has 5 heteroatoms. The number of rotatable bonds is 4. The lowest BCUT2D eigenvalue weighted by Crippen LogP contribution is -2.36. The molecule has 23 heavy (non-hydrogen) atoms. The maximum Gasteiger partial charge on any atom is 0.410 e. The van der Waals surface area contributed by atoms with Crippen LogP contribution in [0.1, 0.15) is 38.3 Å². The molecule has 1 aliphatic rings. The molecule has 1 aliphatic heterocycles. The van der Waals surface area contributed by atoms with Crippen LogP contribution in [-0.2, 0) is 11.3 Å². The molecular weight excluding hydrogens is 290 g/mol. The molecule has 0 spiro atoms. The van der Waals surface area contributed by atoms with E-state index in [1.807, 2.05) is 39.0 Å². The maximum atomic E-state index is 12.0. The summed E-state index contributed by atoms with van der Waals surface area (Å²) in [4.78, 5) is 13.8. The molecule has 1 N–H and O–H groups in total. The van der Waals surface area contributed by atoms with Crippen molar-refractivity contribution in [1.29, 1.82) is 5.26 Å². The molecule has 1 heterocycles. The number of ether oxygens (including phenoxy) is 1. The van der Waals surface area contributed by atoms with Gasteiger partial charge in [0.05, 0.1) is 11.6 Å². The van der Waals surface area contributed by atoms with Gasteiger partial charge in [0.25, 0.3) is 0 Å². The Balaban J connectivity index is 1.73. The van der Waals surface area contributed by atoms with Crippen molar-refractivity contribution in [1.82, 2.24) is 10.2 Å². The van der Waals surface area contributed by atoms with Crippen molar-refractivity contribution in [2.45, 2.75) is 39.3 Å². The van der Waals surface area contributed by atoms with Gasteiger partial charge in [-0.05, 0) is 50.8 Å². The summed E-state index contributed by atoms with van der Waals surface area (Å²) in [6.45, 7) is 8.74. The van der Waals surface area contributed by atoms with E-state index in [-0.39, 0.29) is 6.09 Å². The fourth-order valence-corrected chi connectivity index (χ4v) is 2.66. The lowest BCUT2D eigenvalue weighted by atomic mass is 10.1. The summed E-state index contributed by atoms with van der Waals surface area (Å²) in [5.74, 6) is 0.446. The second kappa shape index (κ2) is 7.47. The van der Waals surface area contributed by atoms with Gasteiger partial charge in [-0.2, -0.15) is 5.26 Å². The zero-order chi connectivity index (χ0) is 16.9. The van der Waals surface area contributed by atoms with Gasteiger partial charge in [-0.3, -0.25) is 0 Å². The van der Waals surface area contributed by atoms with Crippen LogP contribution in [0, 0.1) is 17.2 Å². The Kier molecular flexibility index (Phi) is 5.62. The van der Waals surface area contributed by atoms with E-state index in [9.17, 15) is 4.79 Å². The average Bonchev–Trinajstić information content (AvgIpc) is 2.95. The minimum Gasteiger partial charge on any atom is -0.444 e. The quantitative estimate of drug-likeness (QED) is 0.928. The van der Waals surface area contributed by atoms with Crippen LogP contribution < -0.4 is 5.32 Å². The number of carbonyl (C=O) groups is 1. The van der Waals surface area contributed by atoms with Gasteiger partial charge in [0.15, 0.2) is 0 Å². The Morgan fingerprint density at radius 1 is 1.48 bits per heavy atom. The van der Waals surface area contributed by atoms with Crippen LogP contribution in [0.25, 0.3) is 0 Å². The van der Waals surface area contributed by atoms with Gasteiger partial charge in [0.2, 0.25) is 0 Å². The fraction of sp³-hybridized carbons (Fsp3) is 0.556. The Morgan fingerprint density at radius 3 is 2.96 bits per heavy atom. The van der Waals surface area contributed by atoms with Crippen molar-refractivity contribution in [3.05, 3.63) is 35.4 Å². The number of carbonyl (C=O) groups excluding carboxylic acids is 1. The largest absolute Gasteiger partial charge is 0.444 e. The molecule has 1 atom stereocenters. The van der Waals surface area contributed by atoms with Crippen LogP contribution in [-0.4, -0.2) is 36.2 Å². The number of amides is 1. The van der Waals surface area contributed by atoms with E-state index in [0.29, 0.717) is 11.5 Å². The molecule has 1 aromatic rings. The zero-order valence-electron chi connectivity index (χ0n) is 14.1. The van der Waals surface area contributed by atoms with Crippen LogP contribution in [0.4, 0.5) is 4.79 Å². The first-order valence-corrected chi connectivity index (χ1v) is 8.05. The molecule has 0 aromatic heterocycles. The van der Waals surface area contributed by atoms with Crippen molar-refractivity contribution in [3.63, 3.8) is 0 Å². The lowest BCUT2D eigenvalue weighted by molar-refractivity contribution is 0.0288. The highest BCUT2D eigenvalue weighted by Crippen LogP contribution is 2.19. The highest BCUT2D eigenvalue weighted by Gasteiger charge is 2.29. The van der Waals surface area contributed by atoms with E-state index in [1.54, 1.807) is 11.0 Å². The van der Waals surface area contributed by atoms with Gasteiger partial charge in [0.1, 0.15) is 5.60 Å². The molecule has 1 saturated heterocycles. The number of nitrogens with one attached hydrogen (secondary N) is 1. The van der Waals surface area contributed by atoms with E-state index in [1.165, 1.54) is 0 Å². The minimum atomic E-state index is -0.445. The number of nitrogens with zero attached hydrogens (tertiary/aromatic N) is 2. The SMILES string of the molecule is CC(C)(C)OC(=O)N1CCC(CNCc2cccc(C#N)c2)C1. The topological polar surface area (TPSA) is 65.4 Å². The monoisotopic (exact) mass is 315 g/mol. The highest BCUT2D eigenvalue weighted by atomic mass is 16.6. The number of benzene rings is 1. The first kappa shape index (κ1) is 17.3. The van der Waals surface area contributed by atoms with E-state index in [2.05, 4.69) is 11.4 Å². The summed E-state index contributed by atoms with van der Waals surface area (Å²) >= 11 is 0. The summed E-state index contributed by atoms with van der Waals surface area (Å²) in [6.07, 6.45) is 0.770. The van der Waals surface area contributed by atoms with Crippen LogP contribution in [0.15, 0.2) is 24.3 Å². The summed E-state index contributed by atoms with van der Waals surface area (Å²) in [7, 11) is 0. The molecule has 1 amide bonds. The number of nitriles is 1. The molecule has 5 nitrogen and oxygen atoms in total. The molecular formula is C18H25N3O2. The molecule has 2 rings (SSSR count). The maximum absolute atomic E-state index is 12.0. The number of hydrogen-bond acceptors (Lipinski definition) is 4. The van der Waals surface area contributed by atoms with Crippen molar-refractivity contribution in [2.75, 3.05) is 19.6 Å². The second-order valence-electron chi connectivity index (χ2n) is 7.02. The summed E-state index contributed by atoms with van der Waals surface area (Å²) in [5, 5.41) is 12.3. The third-order valence-corrected chi connectivity index (χ3v) is 3.76. The summed E-state index contributed by atoms with van der Waals surface area (Å²) in [5.41, 5.74) is 1.34. The van der Waals surface area contributed by atoms with E-state index < -0.39 is 5.60 Å². The fourth-order valence-electron chi connectivity index (χ4n) is 2.66. The standard InChI is InChI=1S/C18H25N3O2/c1-18(2,3)23-17(22)21-8-7-16(13-21)12-20-11-15-6-4-5-14(9-15)10-19/h4-6,9,16,20H,7-8,11-13H2,1-3H3. The predicted molar refractivity (Wildman–Crippen MR) is 88.8 cm³/mol. The number of likely N-dealkylation sites (tertiary alicyclic amines) is 1. The van der Waals surface area contributed by atoms with E-state index in [4.69, 9.17) is 10.00 Å². The highest BCUT2D eigenvalue weighted by molar-refractivity contribution is 5.68. The minimum absolute atomic E-state index is 0.221. The van der Waals surface area contributed by atoms with Gasteiger partial charge in [-0.15, -0.1) is 0 Å². The van der Waals surface area contributed by atoms with Crippen LogP contribution in [0.2, 0.25) is 0 Å². The molecule has 1 aromatic carbocycles. The molecule has 0 aliphatic carbocycles. The molecule has 0 saturated carbocycles. The molecule has 1 unspecified atom stereocenters. The average molecular weight is 315 g/mol. The van der Waals surface area contributed by atoms with Gasteiger partial charge >= 0.3 is 6.09 Å². The Morgan fingerprint density at radius 2 is 2.26 bits per heavy atom. The summed E-state index contributed by atoms with van der Waals surface area (Å²) < 4.78 is 5.41. The van der Waals surface area contributed by atoms with Gasteiger partial charge in [0, 0.05) is 26.2 Å². The normalized spacial score (nSPS) is 17.8. The first-order chi connectivity index (χ1) is 10.9.